The quantitative estimate of drug-likeness (QED) is 0.407. The van der Waals surface area contributed by atoms with E-state index in [2.05, 4.69) is 15.6 Å². The number of benzene rings is 1. The normalized spacial score (nSPS) is 11.0. The SMILES string of the molecule is CCCNC(N)=NCc1ccc(C(=O)NCC(N)=O)cc1. The summed E-state index contributed by atoms with van der Waals surface area (Å²) in [7, 11) is 0. The second-order valence-corrected chi connectivity index (χ2v) is 4.47. The van der Waals surface area contributed by atoms with Crippen LogP contribution in [0, 0.1) is 0 Å². The molecule has 1 aromatic rings. The predicted molar refractivity (Wildman–Crippen MR) is 81.6 cm³/mol. The number of hydrogen-bond donors (Lipinski definition) is 4. The Labute approximate surface area is 123 Å². The molecule has 0 saturated heterocycles. The molecule has 0 bridgehead atoms. The number of hydrogen-bond acceptors (Lipinski definition) is 3. The molecule has 2 amide bonds. The largest absolute Gasteiger partial charge is 0.370 e. The average molecular weight is 291 g/mol. The van der Waals surface area contributed by atoms with Crippen molar-refractivity contribution in [1.82, 2.24) is 10.6 Å². The molecule has 0 aliphatic rings. The van der Waals surface area contributed by atoms with E-state index in [4.69, 9.17) is 11.5 Å². The lowest BCUT2D eigenvalue weighted by Gasteiger charge is -2.05. The first-order valence-electron chi connectivity index (χ1n) is 6.72. The van der Waals surface area contributed by atoms with E-state index in [1.165, 1.54) is 0 Å². The maximum absolute atomic E-state index is 11.7. The summed E-state index contributed by atoms with van der Waals surface area (Å²) in [4.78, 5) is 26.4. The van der Waals surface area contributed by atoms with Crippen LogP contribution in [0.2, 0.25) is 0 Å². The third kappa shape index (κ3) is 6.42. The van der Waals surface area contributed by atoms with E-state index < -0.39 is 5.91 Å². The Balaban J connectivity index is 2.53. The van der Waals surface area contributed by atoms with Gasteiger partial charge in [0.05, 0.1) is 13.1 Å². The number of carbonyl (C=O) groups excluding carboxylic acids is 2. The van der Waals surface area contributed by atoms with Crippen LogP contribution in [0.15, 0.2) is 29.3 Å². The molecule has 1 rings (SSSR count). The molecule has 0 spiro atoms. The Morgan fingerprint density at radius 2 is 1.81 bits per heavy atom. The number of aliphatic imine (C=N–C) groups is 1. The zero-order valence-corrected chi connectivity index (χ0v) is 12.1. The molecule has 21 heavy (non-hydrogen) atoms. The van der Waals surface area contributed by atoms with Crippen LogP contribution in [0.5, 0.6) is 0 Å². The van der Waals surface area contributed by atoms with Crippen LogP contribution < -0.4 is 22.1 Å². The number of nitrogens with one attached hydrogen (secondary N) is 2. The van der Waals surface area contributed by atoms with Crippen molar-refractivity contribution in [3.05, 3.63) is 35.4 Å². The Hall–Kier alpha value is -2.57. The van der Waals surface area contributed by atoms with E-state index in [0.717, 1.165) is 18.5 Å². The predicted octanol–water partition coefficient (Wildman–Crippen LogP) is -0.284. The zero-order chi connectivity index (χ0) is 15.7. The number of nitrogens with two attached hydrogens (primary N) is 2. The number of guanidine groups is 1. The van der Waals surface area contributed by atoms with E-state index in [0.29, 0.717) is 18.1 Å². The third-order valence-electron chi connectivity index (χ3n) is 2.63. The second kappa shape index (κ2) is 8.57. The Morgan fingerprint density at radius 3 is 2.38 bits per heavy atom. The lowest BCUT2D eigenvalue weighted by molar-refractivity contribution is -0.117. The molecular formula is C14H21N5O2. The summed E-state index contributed by atoms with van der Waals surface area (Å²) in [6.45, 7) is 3.09. The van der Waals surface area contributed by atoms with E-state index in [1.807, 2.05) is 6.92 Å². The van der Waals surface area contributed by atoms with Gasteiger partial charge in [0.2, 0.25) is 5.91 Å². The van der Waals surface area contributed by atoms with Crippen molar-refractivity contribution < 1.29 is 9.59 Å². The molecule has 0 atom stereocenters. The summed E-state index contributed by atoms with van der Waals surface area (Å²) >= 11 is 0. The minimum Gasteiger partial charge on any atom is -0.370 e. The number of primary amides is 1. The first-order valence-corrected chi connectivity index (χ1v) is 6.72. The van der Waals surface area contributed by atoms with Gasteiger partial charge in [0.25, 0.3) is 5.91 Å². The van der Waals surface area contributed by atoms with Gasteiger partial charge in [-0.1, -0.05) is 19.1 Å². The van der Waals surface area contributed by atoms with Gasteiger partial charge < -0.3 is 22.1 Å². The highest BCUT2D eigenvalue weighted by Gasteiger charge is 2.05. The van der Waals surface area contributed by atoms with Gasteiger partial charge in [0, 0.05) is 12.1 Å². The van der Waals surface area contributed by atoms with Gasteiger partial charge in [0.15, 0.2) is 5.96 Å². The molecule has 114 valence electrons. The molecule has 1 aromatic carbocycles. The van der Waals surface area contributed by atoms with Crippen LogP contribution in [-0.2, 0) is 11.3 Å². The topological polar surface area (TPSA) is 123 Å². The zero-order valence-electron chi connectivity index (χ0n) is 12.1. The lowest BCUT2D eigenvalue weighted by atomic mass is 10.1. The molecule has 0 saturated carbocycles. The van der Waals surface area contributed by atoms with Gasteiger partial charge in [-0.3, -0.25) is 9.59 Å². The highest BCUT2D eigenvalue weighted by molar-refractivity contribution is 5.96. The number of nitrogens with zero attached hydrogens (tertiary/aromatic N) is 1. The Bertz CT molecular complexity index is 511. The van der Waals surface area contributed by atoms with E-state index in [-0.39, 0.29) is 12.5 Å². The van der Waals surface area contributed by atoms with Crippen molar-refractivity contribution in [1.29, 1.82) is 0 Å². The molecule has 7 heteroatoms. The maximum Gasteiger partial charge on any atom is 0.251 e. The fourth-order valence-corrected chi connectivity index (χ4v) is 1.52. The van der Waals surface area contributed by atoms with Crippen LogP contribution >= 0.6 is 0 Å². The van der Waals surface area contributed by atoms with Crippen molar-refractivity contribution in [3.8, 4) is 0 Å². The van der Waals surface area contributed by atoms with Crippen molar-refractivity contribution >= 4 is 17.8 Å². The standard InChI is InChI=1S/C14H21N5O2/c1-2-7-17-14(16)19-8-10-3-5-11(6-4-10)13(21)18-9-12(15)20/h3-6H,2,7-9H2,1H3,(H2,15,20)(H,18,21)(H3,16,17,19). The number of carbonyl (C=O) groups is 2. The summed E-state index contributed by atoms with van der Waals surface area (Å²) in [5.41, 5.74) is 12.0. The second-order valence-electron chi connectivity index (χ2n) is 4.47. The van der Waals surface area contributed by atoms with Crippen LogP contribution in [0.25, 0.3) is 0 Å². The summed E-state index contributed by atoms with van der Waals surface area (Å²) in [5, 5.41) is 5.40. The highest BCUT2D eigenvalue weighted by Crippen LogP contribution is 2.05. The van der Waals surface area contributed by atoms with E-state index in [1.54, 1.807) is 24.3 Å². The highest BCUT2D eigenvalue weighted by atomic mass is 16.2. The average Bonchev–Trinajstić information content (AvgIpc) is 2.49. The fourth-order valence-electron chi connectivity index (χ4n) is 1.52. The molecule has 7 nitrogen and oxygen atoms in total. The summed E-state index contributed by atoms with van der Waals surface area (Å²) in [6, 6.07) is 6.90. The molecule has 0 fully saturated rings. The number of rotatable bonds is 7. The van der Waals surface area contributed by atoms with Gasteiger partial charge in [-0.2, -0.15) is 0 Å². The van der Waals surface area contributed by atoms with Gasteiger partial charge in [-0.25, -0.2) is 4.99 Å². The smallest absolute Gasteiger partial charge is 0.251 e. The van der Waals surface area contributed by atoms with Crippen molar-refractivity contribution in [2.45, 2.75) is 19.9 Å². The Morgan fingerprint density at radius 1 is 1.14 bits per heavy atom. The first-order chi connectivity index (χ1) is 10.0. The van der Waals surface area contributed by atoms with Crippen LogP contribution in [0.3, 0.4) is 0 Å². The van der Waals surface area contributed by atoms with Crippen molar-refractivity contribution in [2.75, 3.05) is 13.1 Å². The molecule has 0 aliphatic carbocycles. The number of amides is 2. The van der Waals surface area contributed by atoms with Crippen LogP contribution in [0.1, 0.15) is 29.3 Å². The van der Waals surface area contributed by atoms with Gasteiger partial charge in [-0.05, 0) is 24.1 Å². The monoisotopic (exact) mass is 291 g/mol. The maximum atomic E-state index is 11.7. The molecule has 0 aromatic heterocycles. The van der Waals surface area contributed by atoms with Crippen LogP contribution in [0.4, 0.5) is 0 Å². The van der Waals surface area contributed by atoms with Gasteiger partial charge in [-0.15, -0.1) is 0 Å². The minimum absolute atomic E-state index is 0.176. The summed E-state index contributed by atoms with van der Waals surface area (Å²) in [5.74, 6) is -0.516. The molecular weight excluding hydrogens is 270 g/mol. The molecule has 6 N–H and O–H groups in total. The molecule has 0 unspecified atom stereocenters. The van der Waals surface area contributed by atoms with Crippen molar-refractivity contribution in [2.24, 2.45) is 16.5 Å². The lowest BCUT2D eigenvalue weighted by Crippen LogP contribution is -2.33. The van der Waals surface area contributed by atoms with Crippen LogP contribution in [-0.4, -0.2) is 30.9 Å². The van der Waals surface area contributed by atoms with E-state index >= 15 is 0 Å². The Kier molecular flexibility index (Phi) is 6.73. The van der Waals surface area contributed by atoms with E-state index in [9.17, 15) is 9.59 Å². The first kappa shape index (κ1) is 16.5. The van der Waals surface area contributed by atoms with Crippen molar-refractivity contribution in [3.63, 3.8) is 0 Å². The molecule has 0 heterocycles. The molecule has 0 radical (unpaired) electrons. The van der Waals surface area contributed by atoms with Gasteiger partial charge >= 0.3 is 0 Å². The van der Waals surface area contributed by atoms with Gasteiger partial charge in [0.1, 0.15) is 0 Å². The molecule has 0 aliphatic heterocycles. The third-order valence-corrected chi connectivity index (χ3v) is 2.63. The fraction of sp³-hybridized carbons (Fsp3) is 0.357. The minimum atomic E-state index is -0.579. The summed E-state index contributed by atoms with van der Waals surface area (Å²) < 4.78 is 0. The summed E-state index contributed by atoms with van der Waals surface area (Å²) in [6.07, 6.45) is 0.978.